The number of para-hydroxylation sites is 2. The van der Waals surface area contributed by atoms with Crippen molar-refractivity contribution >= 4 is 11.4 Å². The van der Waals surface area contributed by atoms with Gasteiger partial charge in [-0.15, -0.1) is 0 Å². The average Bonchev–Trinajstić information content (AvgIpc) is 3.13. The van der Waals surface area contributed by atoms with Crippen molar-refractivity contribution < 1.29 is 4.74 Å². The molecule has 0 bridgehead atoms. The summed E-state index contributed by atoms with van der Waals surface area (Å²) >= 11 is 0. The molecule has 0 aliphatic carbocycles. The zero-order valence-electron chi connectivity index (χ0n) is 22.3. The fraction of sp³-hybridized carbons (Fsp3) is 0.387. The van der Waals surface area contributed by atoms with Crippen LogP contribution in [0.4, 0.5) is 11.4 Å². The van der Waals surface area contributed by atoms with Crippen molar-refractivity contribution in [3.8, 4) is 5.75 Å². The summed E-state index contributed by atoms with van der Waals surface area (Å²) in [5.41, 5.74) is 10.2. The molecule has 4 heteroatoms. The number of aromatic nitrogens is 1. The van der Waals surface area contributed by atoms with Crippen molar-refractivity contribution in [1.29, 1.82) is 0 Å². The molecule has 0 saturated heterocycles. The fourth-order valence-corrected chi connectivity index (χ4v) is 4.95. The number of aryl methyl sites for hydroxylation is 1. The number of hydrogen-bond acceptors (Lipinski definition) is 4. The van der Waals surface area contributed by atoms with E-state index in [-0.39, 0.29) is 0 Å². The van der Waals surface area contributed by atoms with Gasteiger partial charge >= 0.3 is 0 Å². The monoisotopic (exact) mass is 469 g/mol. The lowest BCUT2D eigenvalue weighted by molar-refractivity contribution is 0.321. The Kier molecular flexibility index (Phi) is 7.49. The number of ether oxygens (including phenoxy) is 1. The molecule has 1 aliphatic rings. The van der Waals surface area contributed by atoms with E-state index in [2.05, 4.69) is 99.6 Å². The molecule has 0 saturated carbocycles. The smallest absolute Gasteiger partial charge is 0.143 e. The van der Waals surface area contributed by atoms with Crippen molar-refractivity contribution in [3.63, 3.8) is 0 Å². The molecule has 2 heterocycles. The number of hydrogen-bond donors (Lipinski definition) is 0. The van der Waals surface area contributed by atoms with Crippen molar-refractivity contribution in [2.45, 2.75) is 66.7 Å². The van der Waals surface area contributed by atoms with Crippen molar-refractivity contribution in [2.75, 3.05) is 23.1 Å². The summed E-state index contributed by atoms with van der Waals surface area (Å²) in [6.45, 7) is 17.2. The number of anilines is 2. The number of allylic oxidation sites excluding steroid dienone is 2. The zero-order chi connectivity index (χ0) is 25.1. The maximum absolute atomic E-state index is 6.36. The standard InChI is InChI=1S/C31H39N3O/c1-21(2)27-14-11-15-28(22(3)4)31(27)34-20-33(24(6)25(34)7)30-23(5)12-10-16-29(30)35-19-17-26-13-8-9-18-32-26/h8-16,18,21-22H,17,19-20H2,1-7H3. The first-order valence-electron chi connectivity index (χ1n) is 12.8. The van der Waals surface area contributed by atoms with Gasteiger partial charge in [0.25, 0.3) is 0 Å². The largest absolute Gasteiger partial charge is 0.491 e. The molecular weight excluding hydrogens is 430 g/mol. The maximum atomic E-state index is 6.36. The van der Waals surface area contributed by atoms with Crippen LogP contribution in [-0.2, 0) is 6.42 Å². The van der Waals surface area contributed by atoms with E-state index in [1.807, 2.05) is 24.4 Å². The highest BCUT2D eigenvalue weighted by atomic mass is 16.5. The van der Waals surface area contributed by atoms with Crippen LogP contribution < -0.4 is 14.5 Å². The van der Waals surface area contributed by atoms with Crippen LogP contribution >= 0.6 is 0 Å². The van der Waals surface area contributed by atoms with Crippen LogP contribution in [0.2, 0.25) is 0 Å². The van der Waals surface area contributed by atoms with E-state index in [0.29, 0.717) is 18.4 Å². The van der Waals surface area contributed by atoms with Gasteiger partial charge in [-0.05, 0) is 67.5 Å². The highest BCUT2D eigenvalue weighted by Crippen LogP contribution is 2.43. The topological polar surface area (TPSA) is 28.6 Å². The van der Waals surface area contributed by atoms with Gasteiger partial charge < -0.3 is 14.5 Å². The molecule has 2 aromatic carbocycles. The Hall–Kier alpha value is -3.27. The van der Waals surface area contributed by atoms with Gasteiger partial charge in [0.15, 0.2) is 0 Å². The number of pyridine rings is 1. The summed E-state index contributed by atoms with van der Waals surface area (Å²) < 4.78 is 6.36. The van der Waals surface area contributed by atoms with Crippen LogP contribution in [0.3, 0.4) is 0 Å². The van der Waals surface area contributed by atoms with Crippen molar-refractivity contribution in [1.82, 2.24) is 4.98 Å². The van der Waals surface area contributed by atoms with Gasteiger partial charge in [-0.25, -0.2) is 0 Å². The lowest BCUT2D eigenvalue weighted by Crippen LogP contribution is -2.29. The molecule has 0 amide bonds. The molecule has 0 fully saturated rings. The summed E-state index contributed by atoms with van der Waals surface area (Å²) in [5, 5.41) is 0. The van der Waals surface area contributed by atoms with Crippen LogP contribution in [0.5, 0.6) is 5.75 Å². The van der Waals surface area contributed by atoms with E-state index in [9.17, 15) is 0 Å². The van der Waals surface area contributed by atoms with Crippen LogP contribution in [-0.4, -0.2) is 18.3 Å². The van der Waals surface area contributed by atoms with Crippen molar-refractivity contribution in [2.24, 2.45) is 0 Å². The van der Waals surface area contributed by atoms with E-state index in [0.717, 1.165) is 30.2 Å². The molecule has 4 rings (SSSR count). The molecule has 0 spiro atoms. The van der Waals surface area contributed by atoms with E-state index in [1.54, 1.807) is 0 Å². The Morgan fingerprint density at radius 3 is 2.00 bits per heavy atom. The number of nitrogens with zero attached hydrogens (tertiary/aromatic N) is 3. The third-order valence-corrected chi connectivity index (χ3v) is 7.04. The summed E-state index contributed by atoms with van der Waals surface area (Å²) in [6, 6.07) is 19.2. The molecule has 184 valence electrons. The Morgan fingerprint density at radius 2 is 1.40 bits per heavy atom. The molecule has 0 radical (unpaired) electrons. The van der Waals surface area contributed by atoms with Gasteiger partial charge in [-0.1, -0.05) is 64.1 Å². The second-order valence-corrected chi connectivity index (χ2v) is 10.1. The van der Waals surface area contributed by atoms with Crippen LogP contribution in [0.15, 0.2) is 72.2 Å². The molecule has 3 aromatic rings. The Morgan fingerprint density at radius 1 is 0.771 bits per heavy atom. The van der Waals surface area contributed by atoms with E-state index in [4.69, 9.17) is 4.74 Å². The zero-order valence-corrected chi connectivity index (χ0v) is 22.3. The highest BCUT2D eigenvalue weighted by Gasteiger charge is 2.31. The minimum atomic E-state index is 0.454. The minimum Gasteiger partial charge on any atom is -0.491 e. The molecule has 1 aliphatic heterocycles. The molecule has 0 atom stereocenters. The summed E-state index contributed by atoms with van der Waals surface area (Å²) in [5.74, 6) is 1.83. The Bertz CT molecular complexity index is 1170. The molecular formula is C31H39N3O. The van der Waals surface area contributed by atoms with Crippen LogP contribution in [0.25, 0.3) is 0 Å². The molecule has 35 heavy (non-hydrogen) atoms. The van der Waals surface area contributed by atoms with Gasteiger partial charge in [0, 0.05) is 35.4 Å². The predicted octanol–water partition coefficient (Wildman–Crippen LogP) is 7.79. The van der Waals surface area contributed by atoms with E-state index < -0.39 is 0 Å². The number of rotatable bonds is 8. The molecule has 0 unspecified atom stereocenters. The van der Waals surface area contributed by atoms with Gasteiger partial charge in [0.2, 0.25) is 0 Å². The van der Waals surface area contributed by atoms with Gasteiger partial charge in [-0.2, -0.15) is 0 Å². The summed E-state index contributed by atoms with van der Waals surface area (Å²) in [7, 11) is 0. The lowest BCUT2D eigenvalue weighted by atomic mass is 9.92. The fourth-order valence-electron chi connectivity index (χ4n) is 4.95. The van der Waals surface area contributed by atoms with Gasteiger partial charge in [-0.3, -0.25) is 4.98 Å². The molecule has 0 N–H and O–H groups in total. The molecule has 4 nitrogen and oxygen atoms in total. The second-order valence-electron chi connectivity index (χ2n) is 10.1. The van der Waals surface area contributed by atoms with Gasteiger partial charge in [0.1, 0.15) is 5.75 Å². The number of benzene rings is 2. The summed E-state index contributed by atoms with van der Waals surface area (Å²) in [6.07, 6.45) is 2.62. The van der Waals surface area contributed by atoms with Gasteiger partial charge in [0.05, 0.1) is 19.0 Å². The lowest BCUT2D eigenvalue weighted by Gasteiger charge is -2.31. The second kappa shape index (κ2) is 10.6. The van der Waals surface area contributed by atoms with Crippen LogP contribution in [0.1, 0.15) is 75.8 Å². The van der Waals surface area contributed by atoms with Crippen LogP contribution in [0, 0.1) is 6.92 Å². The quantitative estimate of drug-likeness (QED) is 0.336. The average molecular weight is 470 g/mol. The summed E-state index contributed by atoms with van der Waals surface area (Å²) in [4.78, 5) is 9.36. The maximum Gasteiger partial charge on any atom is 0.143 e. The first-order valence-corrected chi connectivity index (χ1v) is 12.8. The first-order chi connectivity index (χ1) is 16.8. The first kappa shape index (κ1) is 24.8. The normalized spacial score (nSPS) is 14.0. The predicted molar refractivity (Wildman–Crippen MR) is 147 cm³/mol. The van der Waals surface area contributed by atoms with Crippen molar-refractivity contribution in [3.05, 3.63) is 94.6 Å². The SMILES string of the molecule is CC1=C(C)N(c2c(C(C)C)cccc2C(C)C)CN1c1c(C)cccc1OCCc1ccccn1. The minimum absolute atomic E-state index is 0.454. The van der Waals surface area contributed by atoms with E-state index in [1.165, 1.54) is 33.8 Å². The highest BCUT2D eigenvalue weighted by molar-refractivity contribution is 5.74. The Labute approximate surface area is 211 Å². The Balaban J connectivity index is 1.67. The third-order valence-electron chi connectivity index (χ3n) is 7.04. The van der Waals surface area contributed by atoms with E-state index >= 15 is 0 Å². The molecule has 1 aromatic heterocycles. The third kappa shape index (κ3) is 5.07.